The Morgan fingerprint density at radius 2 is 1.84 bits per heavy atom. The molecule has 1 aromatic carbocycles. The molecule has 0 spiro atoms. The van der Waals surface area contributed by atoms with E-state index in [1.165, 1.54) is 16.7 Å². The van der Waals surface area contributed by atoms with Crippen molar-refractivity contribution in [2.24, 2.45) is 0 Å². The second-order valence-corrected chi connectivity index (χ2v) is 7.76. The largest absolute Gasteiger partial charge is 0.336 e. The Morgan fingerprint density at radius 1 is 1.20 bits per heavy atom. The van der Waals surface area contributed by atoms with Gasteiger partial charge in [-0.05, 0) is 30.3 Å². The SMILES string of the molecule is CCN1CCN(C(=O)c2ccc(/C=C3\SC(=S)N(C)C3=O)cc2)CC1. The molecule has 3 rings (SSSR count). The smallest absolute Gasteiger partial charge is 0.265 e. The first-order chi connectivity index (χ1) is 12.0. The first kappa shape index (κ1) is 18.1. The van der Waals surface area contributed by atoms with Gasteiger partial charge in [-0.3, -0.25) is 14.5 Å². The number of likely N-dealkylation sites (N-methyl/N-ethyl adjacent to an activating group) is 2. The molecule has 0 N–H and O–H groups in total. The average molecular weight is 376 g/mol. The van der Waals surface area contributed by atoms with Gasteiger partial charge in [-0.1, -0.05) is 43.0 Å². The maximum Gasteiger partial charge on any atom is 0.265 e. The van der Waals surface area contributed by atoms with E-state index in [1.807, 2.05) is 35.2 Å². The van der Waals surface area contributed by atoms with E-state index in [1.54, 1.807) is 7.05 Å². The van der Waals surface area contributed by atoms with Crippen LogP contribution in [0.4, 0.5) is 0 Å². The molecule has 2 heterocycles. The van der Waals surface area contributed by atoms with Crippen LogP contribution in [0.5, 0.6) is 0 Å². The third kappa shape index (κ3) is 3.94. The number of nitrogens with zero attached hydrogens (tertiary/aromatic N) is 3. The normalized spacial score (nSPS) is 20.6. The molecule has 0 radical (unpaired) electrons. The van der Waals surface area contributed by atoms with E-state index in [2.05, 4.69) is 11.8 Å². The molecule has 0 unspecified atom stereocenters. The monoisotopic (exact) mass is 375 g/mol. The molecular weight excluding hydrogens is 354 g/mol. The van der Waals surface area contributed by atoms with E-state index >= 15 is 0 Å². The molecule has 25 heavy (non-hydrogen) atoms. The highest BCUT2D eigenvalue weighted by molar-refractivity contribution is 8.26. The molecule has 7 heteroatoms. The Hall–Kier alpha value is -1.70. The second kappa shape index (κ2) is 7.68. The minimum Gasteiger partial charge on any atom is -0.336 e. The molecule has 0 bridgehead atoms. The molecule has 2 fully saturated rings. The molecule has 2 saturated heterocycles. The van der Waals surface area contributed by atoms with Crippen LogP contribution in [0.2, 0.25) is 0 Å². The number of amides is 2. The van der Waals surface area contributed by atoms with Gasteiger partial charge in [0.15, 0.2) is 0 Å². The van der Waals surface area contributed by atoms with Gasteiger partial charge in [0, 0.05) is 38.8 Å². The van der Waals surface area contributed by atoms with Crippen molar-refractivity contribution in [3.63, 3.8) is 0 Å². The number of benzene rings is 1. The maximum atomic E-state index is 12.6. The van der Waals surface area contributed by atoms with Gasteiger partial charge in [0.25, 0.3) is 11.8 Å². The fourth-order valence-corrected chi connectivity index (χ4v) is 4.05. The van der Waals surface area contributed by atoms with E-state index in [-0.39, 0.29) is 11.8 Å². The zero-order valence-electron chi connectivity index (χ0n) is 14.4. The minimum absolute atomic E-state index is 0.0715. The predicted octanol–water partition coefficient (Wildman–Crippen LogP) is 2.30. The van der Waals surface area contributed by atoms with Crippen LogP contribution in [0.25, 0.3) is 6.08 Å². The molecular formula is C18H21N3O2S2. The van der Waals surface area contributed by atoms with Gasteiger partial charge < -0.3 is 9.80 Å². The van der Waals surface area contributed by atoms with Gasteiger partial charge in [-0.15, -0.1) is 0 Å². The third-order valence-corrected chi connectivity index (χ3v) is 6.03. The number of carbonyl (C=O) groups is 2. The topological polar surface area (TPSA) is 43.9 Å². The number of carbonyl (C=O) groups excluding carboxylic acids is 2. The number of hydrogen-bond acceptors (Lipinski definition) is 5. The summed E-state index contributed by atoms with van der Waals surface area (Å²) in [5.41, 5.74) is 1.58. The summed E-state index contributed by atoms with van der Waals surface area (Å²) in [6.07, 6.45) is 1.82. The summed E-state index contributed by atoms with van der Waals surface area (Å²) in [6.45, 7) is 6.57. The Bertz CT molecular complexity index is 722. The summed E-state index contributed by atoms with van der Waals surface area (Å²) in [7, 11) is 1.68. The molecule has 132 valence electrons. The van der Waals surface area contributed by atoms with E-state index in [0.717, 1.165) is 38.3 Å². The van der Waals surface area contributed by atoms with Crippen molar-refractivity contribution in [2.75, 3.05) is 39.8 Å². The maximum absolute atomic E-state index is 12.6. The van der Waals surface area contributed by atoms with Crippen molar-refractivity contribution in [3.8, 4) is 0 Å². The molecule has 0 atom stereocenters. The summed E-state index contributed by atoms with van der Waals surface area (Å²) in [5.74, 6) is -0.00821. The summed E-state index contributed by atoms with van der Waals surface area (Å²) >= 11 is 6.43. The Balaban J connectivity index is 1.67. The van der Waals surface area contributed by atoms with Crippen molar-refractivity contribution in [3.05, 3.63) is 40.3 Å². The van der Waals surface area contributed by atoms with Gasteiger partial charge in [-0.2, -0.15) is 0 Å². The fraction of sp³-hybridized carbons (Fsp3) is 0.389. The van der Waals surface area contributed by atoms with Crippen LogP contribution in [-0.4, -0.2) is 70.6 Å². The molecule has 2 aliphatic heterocycles. The Kier molecular flexibility index (Phi) is 5.56. The minimum atomic E-state index is -0.0797. The third-order valence-electron chi connectivity index (χ3n) is 4.55. The van der Waals surface area contributed by atoms with Crippen molar-refractivity contribution in [1.29, 1.82) is 0 Å². The van der Waals surface area contributed by atoms with E-state index < -0.39 is 0 Å². The Labute approximate surface area is 157 Å². The zero-order chi connectivity index (χ0) is 18.0. The number of piperazine rings is 1. The predicted molar refractivity (Wildman–Crippen MR) is 105 cm³/mol. The lowest BCUT2D eigenvalue weighted by Gasteiger charge is -2.34. The lowest BCUT2D eigenvalue weighted by Crippen LogP contribution is -2.48. The number of hydrogen-bond donors (Lipinski definition) is 0. The first-order valence-electron chi connectivity index (χ1n) is 8.33. The van der Waals surface area contributed by atoms with Crippen molar-refractivity contribution >= 4 is 46.2 Å². The van der Waals surface area contributed by atoms with Gasteiger partial charge in [0.2, 0.25) is 0 Å². The molecule has 0 aromatic heterocycles. The summed E-state index contributed by atoms with van der Waals surface area (Å²) in [5, 5.41) is 0. The number of thiocarbonyl (C=S) groups is 1. The van der Waals surface area contributed by atoms with Crippen LogP contribution in [0, 0.1) is 0 Å². The van der Waals surface area contributed by atoms with Crippen LogP contribution in [0.15, 0.2) is 29.2 Å². The molecule has 0 saturated carbocycles. The van der Waals surface area contributed by atoms with Crippen molar-refractivity contribution in [2.45, 2.75) is 6.92 Å². The highest BCUT2D eigenvalue weighted by Gasteiger charge is 2.28. The van der Waals surface area contributed by atoms with E-state index in [4.69, 9.17) is 12.2 Å². The van der Waals surface area contributed by atoms with Gasteiger partial charge in [0.05, 0.1) is 4.91 Å². The van der Waals surface area contributed by atoms with Gasteiger partial charge in [-0.25, -0.2) is 0 Å². The quantitative estimate of drug-likeness (QED) is 0.599. The van der Waals surface area contributed by atoms with Gasteiger partial charge >= 0.3 is 0 Å². The molecule has 2 aliphatic rings. The lowest BCUT2D eigenvalue weighted by molar-refractivity contribution is -0.121. The standard InChI is InChI=1S/C18H21N3O2S2/c1-3-20-8-10-21(11-9-20)16(22)14-6-4-13(5-7-14)12-15-17(23)19(2)18(24)25-15/h4-7,12H,3,8-11H2,1-2H3/b15-12-. The Morgan fingerprint density at radius 3 is 2.36 bits per heavy atom. The zero-order valence-corrected chi connectivity index (χ0v) is 16.0. The second-order valence-electron chi connectivity index (χ2n) is 6.09. The average Bonchev–Trinajstić information content (AvgIpc) is 2.88. The molecule has 2 amide bonds. The summed E-state index contributed by atoms with van der Waals surface area (Å²) in [4.78, 5) is 31.0. The van der Waals surface area contributed by atoms with Crippen LogP contribution in [-0.2, 0) is 4.79 Å². The molecule has 0 aliphatic carbocycles. The van der Waals surface area contributed by atoms with Crippen LogP contribution < -0.4 is 0 Å². The van der Waals surface area contributed by atoms with Crippen LogP contribution in [0.3, 0.4) is 0 Å². The summed E-state index contributed by atoms with van der Waals surface area (Å²) < 4.78 is 0.564. The highest BCUT2D eigenvalue weighted by Crippen LogP contribution is 2.31. The van der Waals surface area contributed by atoms with Crippen molar-refractivity contribution in [1.82, 2.24) is 14.7 Å². The number of thioether (sulfide) groups is 1. The lowest BCUT2D eigenvalue weighted by atomic mass is 10.1. The number of rotatable bonds is 3. The van der Waals surface area contributed by atoms with Crippen molar-refractivity contribution < 1.29 is 9.59 Å². The first-order valence-corrected chi connectivity index (χ1v) is 9.55. The summed E-state index contributed by atoms with van der Waals surface area (Å²) in [6, 6.07) is 7.40. The fourth-order valence-electron chi connectivity index (χ4n) is 2.87. The van der Waals surface area contributed by atoms with Gasteiger partial charge in [0.1, 0.15) is 4.32 Å². The molecule has 5 nitrogen and oxygen atoms in total. The van der Waals surface area contributed by atoms with Crippen LogP contribution >= 0.6 is 24.0 Å². The van der Waals surface area contributed by atoms with E-state index in [9.17, 15) is 9.59 Å². The van der Waals surface area contributed by atoms with E-state index in [0.29, 0.717) is 14.8 Å². The molecule has 1 aromatic rings. The highest BCUT2D eigenvalue weighted by atomic mass is 32.2. The van der Waals surface area contributed by atoms with Crippen LogP contribution in [0.1, 0.15) is 22.8 Å².